The van der Waals surface area contributed by atoms with Gasteiger partial charge < -0.3 is 5.11 Å². The van der Waals surface area contributed by atoms with Crippen LogP contribution in [0.4, 0.5) is 0 Å². The normalized spacial score (nSPS) is 19.5. The van der Waals surface area contributed by atoms with E-state index in [1.54, 1.807) is 22.9 Å². The van der Waals surface area contributed by atoms with Gasteiger partial charge in [-0.05, 0) is 44.6 Å². The molecule has 7 heteroatoms. The number of hydrogen-bond acceptors (Lipinski definition) is 5. The molecule has 1 fully saturated rings. The van der Waals surface area contributed by atoms with Gasteiger partial charge in [-0.2, -0.15) is 5.10 Å². The van der Waals surface area contributed by atoms with E-state index in [1.807, 2.05) is 13.8 Å². The molecule has 1 N–H and O–H groups in total. The second-order valence-electron chi connectivity index (χ2n) is 6.33. The Bertz CT molecular complexity index is 957. The lowest BCUT2D eigenvalue weighted by atomic mass is 10.1. The number of benzene rings is 1. The van der Waals surface area contributed by atoms with Crippen molar-refractivity contribution < 1.29 is 18.3 Å². The lowest BCUT2D eigenvalue weighted by Crippen LogP contribution is -2.13. The number of sulfone groups is 1. The topological polar surface area (TPSA) is 89.3 Å². The molecule has 1 aliphatic heterocycles. The number of carbonyl (C=O) groups excluding carboxylic acids is 1. The molecule has 2 aromatic rings. The van der Waals surface area contributed by atoms with Crippen LogP contribution in [-0.2, 0) is 9.84 Å². The number of ketones is 1. The number of allylic oxidation sites excluding steroid dienone is 1. The minimum absolute atomic E-state index is 0.0434. The molecule has 132 valence electrons. The Labute approximate surface area is 146 Å². The van der Waals surface area contributed by atoms with Gasteiger partial charge in [-0.15, -0.1) is 0 Å². The summed E-state index contributed by atoms with van der Waals surface area (Å²) in [7, 11) is -2.99. The molecule has 0 bridgehead atoms. The van der Waals surface area contributed by atoms with E-state index in [0.29, 0.717) is 12.0 Å². The summed E-state index contributed by atoms with van der Waals surface area (Å²) >= 11 is 0. The first-order chi connectivity index (χ1) is 11.8. The minimum atomic E-state index is -2.99. The number of carbonyl (C=O) groups is 1. The summed E-state index contributed by atoms with van der Waals surface area (Å²) in [5.74, 6) is 0.130. The van der Waals surface area contributed by atoms with Crippen LogP contribution in [0.25, 0.3) is 6.08 Å². The first-order valence-corrected chi connectivity index (χ1v) is 9.86. The van der Waals surface area contributed by atoms with Gasteiger partial charge in [-0.1, -0.05) is 12.1 Å². The molecule has 0 spiro atoms. The van der Waals surface area contributed by atoms with Gasteiger partial charge in [0.05, 0.1) is 23.2 Å². The number of rotatable bonds is 4. The van der Waals surface area contributed by atoms with E-state index in [2.05, 4.69) is 5.10 Å². The lowest BCUT2D eigenvalue weighted by Gasteiger charge is -2.10. The van der Waals surface area contributed by atoms with Gasteiger partial charge in [-0.25, -0.2) is 8.42 Å². The zero-order chi connectivity index (χ0) is 18.2. The number of nitrogens with zero attached hydrogens (tertiary/aromatic N) is 2. The summed E-state index contributed by atoms with van der Waals surface area (Å²) in [6.45, 7) is 3.72. The molecule has 1 aliphatic rings. The third-order valence-corrected chi connectivity index (χ3v) is 6.22. The first-order valence-electron chi connectivity index (χ1n) is 8.04. The van der Waals surface area contributed by atoms with Crippen LogP contribution in [0.1, 0.15) is 39.8 Å². The minimum Gasteiger partial charge on any atom is -0.508 e. The Kier molecular flexibility index (Phi) is 4.51. The van der Waals surface area contributed by atoms with Crippen molar-refractivity contribution >= 4 is 21.7 Å². The molecular formula is C18H20N2O4S. The van der Waals surface area contributed by atoms with E-state index < -0.39 is 9.84 Å². The fourth-order valence-corrected chi connectivity index (χ4v) is 4.85. The van der Waals surface area contributed by atoms with Crippen LogP contribution in [0.2, 0.25) is 0 Å². The van der Waals surface area contributed by atoms with Gasteiger partial charge in [0.2, 0.25) is 0 Å². The summed E-state index contributed by atoms with van der Waals surface area (Å²) in [4.78, 5) is 12.2. The summed E-state index contributed by atoms with van der Waals surface area (Å²) < 4.78 is 25.2. The monoisotopic (exact) mass is 360 g/mol. The highest BCUT2D eigenvalue weighted by Crippen LogP contribution is 2.27. The SMILES string of the molecule is Cc1nn([C@@H]2CCS(=O)(=O)C2)c(C)c1/C=C/C(=O)c1cccc(O)c1. The lowest BCUT2D eigenvalue weighted by molar-refractivity contribution is 0.104. The molecule has 0 aliphatic carbocycles. The molecule has 0 radical (unpaired) electrons. The van der Waals surface area contributed by atoms with Crippen LogP contribution in [0.5, 0.6) is 5.75 Å². The van der Waals surface area contributed by atoms with E-state index in [0.717, 1.165) is 17.0 Å². The second kappa shape index (κ2) is 6.48. The maximum atomic E-state index is 12.2. The van der Waals surface area contributed by atoms with Gasteiger partial charge in [-0.3, -0.25) is 9.48 Å². The van der Waals surface area contributed by atoms with Crippen LogP contribution in [0.15, 0.2) is 30.3 Å². The van der Waals surface area contributed by atoms with Crippen LogP contribution in [0.3, 0.4) is 0 Å². The van der Waals surface area contributed by atoms with Crippen molar-refractivity contribution in [2.45, 2.75) is 26.3 Å². The predicted molar refractivity (Wildman–Crippen MR) is 95.5 cm³/mol. The third kappa shape index (κ3) is 3.66. The number of aromatic hydroxyl groups is 1. The van der Waals surface area contributed by atoms with Crippen LogP contribution >= 0.6 is 0 Å². The summed E-state index contributed by atoms with van der Waals surface area (Å²) in [6, 6.07) is 6.03. The smallest absolute Gasteiger partial charge is 0.185 e. The van der Waals surface area contributed by atoms with E-state index in [1.165, 1.54) is 18.2 Å². The summed E-state index contributed by atoms with van der Waals surface area (Å²) in [5, 5.41) is 13.9. The quantitative estimate of drug-likeness (QED) is 0.668. The Morgan fingerprint density at radius 3 is 2.76 bits per heavy atom. The second-order valence-corrected chi connectivity index (χ2v) is 8.56. The van der Waals surface area contributed by atoms with E-state index >= 15 is 0 Å². The van der Waals surface area contributed by atoms with Crippen molar-refractivity contribution in [3.8, 4) is 5.75 Å². The zero-order valence-corrected chi connectivity index (χ0v) is 15.0. The van der Waals surface area contributed by atoms with Crippen LogP contribution in [0, 0.1) is 13.8 Å². The molecule has 25 heavy (non-hydrogen) atoms. The number of aryl methyl sites for hydroxylation is 1. The van der Waals surface area contributed by atoms with Crippen LogP contribution in [-0.4, -0.2) is 40.6 Å². The van der Waals surface area contributed by atoms with Crippen molar-refractivity contribution in [1.29, 1.82) is 0 Å². The largest absolute Gasteiger partial charge is 0.508 e. The van der Waals surface area contributed by atoms with E-state index in [9.17, 15) is 18.3 Å². The van der Waals surface area contributed by atoms with Gasteiger partial charge in [0.15, 0.2) is 15.6 Å². The molecule has 1 aromatic carbocycles. The van der Waals surface area contributed by atoms with Crippen molar-refractivity contribution in [1.82, 2.24) is 9.78 Å². The molecule has 0 saturated carbocycles. The fourth-order valence-electron chi connectivity index (χ4n) is 3.16. The maximum Gasteiger partial charge on any atom is 0.185 e. The Morgan fingerprint density at radius 2 is 2.12 bits per heavy atom. The molecule has 0 amide bonds. The van der Waals surface area contributed by atoms with Crippen molar-refractivity contribution in [2.24, 2.45) is 0 Å². The first kappa shape index (κ1) is 17.4. The molecular weight excluding hydrogens is 340 g/mol. The highest BCUT2D eigenvalue weighted by atomic mass is 32.2. The highest BCUT2D eigenvalue weighted by Gasteiger charge is 2.31. The molecule has 1 atom stereocenters. The number of hydrogen-bond donors (Lipinski definition) is 1. The van der Waals surface area contributed by atoms with Crippen LogP contribution < -0.4 is 0 Å². The zero-order valence-electron chi connectivity index (χ0n) is 14.1. The van der Waals surface area contributed by atoms with Gasteiger partial charge in [0.25, 0.3) is 0 Å². The molecule has 1 saturated heterocycles. The summed E-state index contributed by atoms with van der Waals surface area (Å²) in [5.41, 5.74) is 2.82. The van der Waals surface area contributed by atoms with Crippen molar-refractivity contribution in [3.63, 3.8) is 0 Å². The average molecular weight is 360 g/mol. The molecule has 0 unspecified atom stereocenters. The Hall–Kier alpha value is -2.41. The summed E-state index contributed by atoms with van der Waals surface area (Å²) in [6.07, 6.45) is 3.71. The van der Waals surface area contributed by atoms with Gasteiger partial charge in [0, 0.05) is 16.8 Å². The van der Waals surface area contributed by atoms with Crippen molar-refractivity contribution in [3.05, 3.63) is 52.9 Å². The Balaban J connectivity index is 1.85. The fraction of sp³-hybridized carbons (Fsp3) is 0.333. The number of phenols is 1. The van der Waals surface area contributed by atoms with Gasteiger partial charge >= 0.3 is 0 Å². The maximum absolute atomic E-state index is 12.2. The highest BCUT2D eigenvalue weighted by molar-refractivity contribution is 7.91. The molecule has 6 nitrogen and oxygen atoms in total. The number of phenolic OH excluding ortho intramolecular Hbond substituents is 1. The molecule has 1 aromatic heterocycles. The van der Waals surface area contributed by atoms with E-state index in [-0.39, 0.29) is 29.1 Å². The molecule has 2 heterocycles. The predicted octanol–water partition coefficient (Wildman–Crippen LogP) is 2.46. The average Bonchev–Trinajstić information content (AvgIpc) is 3.04. The standard InChI is InChI=1S/C18H20N2O4S/c1-12-17(6-7-18(22)14-4-3-5-16(21)10-14)13(2)20(19-12)15-8-9-25(23,24)11-15/h3-7,10,15,21H,8-9,11H2,1-2H3/b7-6+/t15-/m1/s1. The van der Waals surface area contributed by atoms with E-state index in [4.69, 9.17) is 0 Å². The number of aromatic nitrogens is 2. The van der Waals surface area contributed by atoms with Gasteiger partial charge in [0.1, 0.15) is 5.75 Å². The molecule has 3 rings (SSSR count). The van der Waals surface area contributed by atoms with Crippen molar-refractivity contribution in [2.75, 3.05) is 11.5 Å². The Morgan fingerprint density at radius 1 is 1.36 bits per heavy atom. The third-order valence-electron chi connectivity index (χ3n) is 4.47.